The molecule has 1 aliphatic rings. The summed E-state index contributed by atoms with van der Waals surface area (Å²) in [6, 6.07) is 9.63. The Morgan fingerprint density at radius 3 is 2.59 bits per heavy atom. The van der Waals surface area contributed by atoms with E-state index in [4.69, 9.17) is 5.73 Å². The average molecular weight is 297 g/mol. The fourth-order valence-corrected chi connectivity index (χ4v) is 2.77. The van der Waals surface area contributed by atoms with Gasteiger partial charge in [-0.15, -0.1) is 0 Å². The van der Waals surface area contributed by atoms with Crippen LogP contribution in [0.1, 0.15) is 16.8 Å². The van der Waals surface area contributed by atoms with Crippen LogP contribution < -0.4 is 15.5 Å². The summed E-state index contributed by atoms with van der Waals surface area (Å²) in [5.41, 5.74) is 6.91. The lowest BCUT2D eigenvalue weighted by atomic mass is 10.2. The van der Waals surface area contributed by atoms with Crippen LogP contribution in [0.15, 0.2) is 42.7 Å². The zero-order valence-electron chi connectivity index (χ0n) is 12.5. The van der Waals surface area contributed by atoms with Gasteiger partial charge in [0.15, 0.2) is 0 Å². The molecule has 2 aromatic rings. The van der Waals surface area contributed by atoms with Crippen LogP contribution in [0, 0.1) is 0 Å². The molecule has 0 radical (unpaired) electrons. The highest BCUT2D eigenvalue weighted by molar-refractivity contribution is 5.93. The predicted molar refractivity (Wildman–Crippen MR) is 86.0 cm³/mol. The molecular formula is C16H19N5O. The topological polar surface area (TPSA) is 75.3 Å². The highest BCUT2D eigenvalue weighted by atomic mass is 16.1. The summed E-state index contributed by atoms with van der Waals surface area (Å²) in [7, 11) is 2.03. The van der Waals surface area contributed by atoms with E-state index in [9.17, 15) is 4.79 Å². The highest BCUT2D eigenvalue weighted by Gasteiger charge is 2.27. The lowest BCUT2D eigenvalue weighted by molar-refractivity contribution is 0.100. The number of nitrogens with zero attached hydrogens (tertiary/aromatic N) is 4. The van der Waals surface area contributed by atoms with Gasteiger partial charge in [-0.25, -0.2) is 9.97 Å². The van der Waals surface area contributed by atoms with Gasteiger partial charge in [0.05, 0.1) is 6.04 Å². The first-order chi connectivity index (χ1) is 10.6. The number of nitrogens with two attached hydrogens (primary N) is 1. The van der Waals surface area contributed by atoms with E-state index in [1.165, 1.54) is 0 Å². The van der Waals surface area contributed by atoms with Crippen LogP contribution in [-0.2, 0) is 0 Å². The first-order valence-electron chi connectivity index (χ1n) is 7.30. The Balaban J connectivity index is 1.68. The molecule has 0 saturated carbocycles. The van der Waals surface area contributed by atoms with Gasteiger partial charge in [0.1, 0.15) is 0 Å². The summed E-state index contributed by atoms with van der Waals surface area (Å²) >= 11 is 0. The van der Waals surface area contributed by atoms with Gasteiger partial charge in [0.2, 0.25) is 11.9 Å². The maximum absolute atomic E-state index is 11.1. The summed E-state index contributed by atoms with van der Waals surface area (Å²) in [5.74, 6) is 0.352. The number of hydrogen-bond donors (Lipinski definition) is 1. The van der Waals surface area contributed by atoms with E-state index in [-0.39, 0.29) is 0 Å². The molecule has 22 heavy (non-hydrogen) atoms. The average Bonchev–Trinajstić information content (AvgIpc) is 3.05. The minimum absolute atomic E-state index is 0.373. The third-order valence-corrected chi connectivity index (χ3v) is 4.10. The van der Waals surface area contributed by atoms with Crippen molar-refractivity contribution in [3.8, 4) is 0 Å². The molecule has 1 fully saturated rings. The van der Waals surface area contributed by atoms with Gasteiger partial charge >= 0.3 is 0 Å². The van der Waals surface area contributed by atoms with Crippen molar-refractivity contribution in [3.05, 3.63) is 48.3 Å². The fourth-order valence-electron chi connectivity index (χ4n) is 2.77. The van der Waals surface area contributed by atoms with Gasteiger partial charge in [-0.1, -0.05) is 0 Å². The normalized spacial score (nSPS) is 17.5. The van der Waals surface area contributed by atoms with E-state index in [2.05, 4.69) is 19.8 Å². The lowest BCUT2D eigenvalue weighted by Crippen LogP contribution is -2.35. The number of anilines is 2. The number of rotatable bonds is 4. The van der Waals surface area contributed by atoms with E-state index in [0.29, 0.717) is 11.6 Å². The van der Waals surface area contributed by atoms with E-state index in [1.54, 1.807) is 24.5 Å². The second kappa shape index (κ2) is 6.01. The standard InChI is InChI=1S/C16H19N5O/c1-20(16-18-8-2-9-19-16)14-7-10-21(11-14)13-5-3-12(4-6-13)15(17)22/h2-6,8-9,14H,7,10-11H2,1H3,(H2,17,22). The SMILES string of the molecule is CN(c1ncccn1)C1CCN(c2ccc(C(N)=O)cc2)C1. The van der Waals surface area contributed by atoms with E-state index in [0.717, 1.165) is 31.1 Å². The molecule has 0 bridgehead atoms. The molecule has 0 spiro atoms. The molecule has 6 nitrogen and oxygen atoms in total. The largest absolute Gasteiger partial charge is 0.369 e. The number of likely N-dealkylation sites (N-methyl/N-ethyl adjacent to an activating group) is 1. The molecule has 3 rings (SSSR count). The Kier molecular flexibility index (Phi) is 3.91. The summed E-state index contributed by atoms with van der Waals surface area (Å²) < 4.78 is 0. The van der Waals surface area contributed by atoms with Crippen LogP contribution in [0.3, 0.4) is 0 Å². The summed E-state index contributed by atoms with van der Waals surface area (Å²) in [5, 5.41) is 0. The number of amides is 1. The quantitative estimate of drug-likeness (QED) is 0.920. The molecule has 0 aliphatic carbocycles. The molecular weight excluding hydrogens is 278 g/mol. The van der Waals surface area contributed by atoms with Gasteiger partial charge in [0.25, 0.3) is 0 Å². The molecule has 6 heteroatoms. The number of carbonyl (C=O) groups excluding carboxylic acids is 1. The van der Waals surface area contributed by atoms with Crippen molar-refractivity contribution in [1.29, 1.82) is 0 Å². The minimum atomic E-state index is -0.396. The highest BCUT2D eigenvalue weighted by Crippen LogP contribution is 2.24. The molecule has 1 atom stereocenters. The van der Waals surface area contributed by atoms with Crippen LogP contribution in [0.4, 0.5) is 11.6 Å². The predicted octanol–water partition coefficient (Wildman–Crippen LogP) is 1.29. The molecule has 1 amide bonds. The molecule has 1 aromatic heterocycles. The minimum Gasteiger partial charge on any atom is -0.369 e. The van der Waals surface area contributed by atoms with Crippen LogP contribution >= 0.6 is 0 Å². The first-order valence-corrected chi connectivity index (χ1v) is 7.30. The lowest BCUT2D eigenvalue weighted by Gasteiger charge is -2.25. The summed E-state index contributed by atoms with van der Waals surface area (Å²) in [6.45, 7) is 1.88. The second-order valence-corrected chi connectivity index (χ2v) is 5.46. The monoisotopic (exact) mass is 297 g/mol. The number of hydrogen-bond acceptors (Lipinski definition) is 5. The van der Waals surface area contributed by atoms with Crippen molar-refractivity contribution in [3.63, 3.8) is 0 Å². The number of benzene rings is 1. The van der Waals surface area contributed by atoms with Crippen LogP contribution in [0.5, 0.6) is 0 Å². The zero-order valence-corrected chi connectivity index (χ0v) is 12.5. The molecule has 2 N–H and O–H groups in total. The summed E-state index contributed by atoms with van der Waals surface area (Å²) in [6.07, 6.45) is 4.56. The van der Waals surface area contributed by atoms with Gasteiger partial charge in [0, 0.05) is 43.8 Å². The van der Waals surface area contributed by atoms with E-state index >= 15 is 0 Å². The Hall–Kier alpha value is -2.63. The maximum Gasteiger partial charge on any atom is 0.248 e. The van der Waals surface area contributed by atoms with Crippen molar-refractivity contribution in [2.24, 2.45) is 5.73 Å². The van der Waals surface area contributed by atoms with Crippen molar-refractivity contribution < 1.29 is 4.79 Å². The molecule has 1 saturated heterocycles. The second-order valence-electron chi connectivity index (χ2n) is 5.46. The Morgan fingerprint density at radius 1 is 1.27 bits per heavy atom. The Morgan fingerprint density at radius 2 is 1.95 bits per heavy atom. The molecule has 2 heterocycles. The Labute approximate surface area is 129 Å². The molecule has 114 valence electrons. The molecule has 1 aliphatic heterocycles. The smallest absolute Gasteiger partial charge is 0.248 e. The van der Waals surface area contributed by atoms with Crippen LogP contribution in [0.25, 0.3) is 0 Å². The van der Waals surface area contributed by atoms with Crippen molar-refractivity contribution >= 4 is 17.5 Å². The maximum atomic E-state index is 11.1. The first kappa shape index (κ1) is 14.3. The molecule has 1 unspecified atom stereocenters. The van der Waals surface area contributed by atoms with E-state index in [1.807, 2.05) is 25.2 Å². The van der Waals surface area contributed by atoms with Crippen molar-refractivity contribution in [2.45, 2.75) is 12.5 Å². The third kappa shape index (κ3) is 2.86. The van der Waals surface area contributed by atoms with Gasteiger partial charge < -0.3 is 15.5 Å². The number of carbonyl (C=O) groups is 1. The Bertz CT molecular complexity index is 643. The van der Waals surface area contributed by atoms with E-state index < -0.39 is 5.91 Å². The van der Waals surface area contributed by atoms with Crippen molar-refractivity contribution in [2.75, 3.05) is 29.9 Å². The summed E-state index contributed by atoms with van der Waals surface area (Å²) in [4.78, 5) is 24.1. The van der Waals surface area contributed by atoms with Crippen LogP contribution in [0.2, 0.25) is 0 Å². The van der Waals surface area contributed by atoms with Gasteiger partial charge in [-0.2, -0.15) is 0 Å². The van der Waals surface area contributed by atoms with Gasteiger partial charge in [-0.3, -0.25) is 4.79 Å². The van der Waals surface area contributed by atoms with Gasteiger partial charge in [-0.05, 0) is 36.8 Å². The number of aromatic nitrogens is 2. The fraction of sp³-hybridized carbons (Fsp3) is 0.312. The van der Waals surface area contributed by atoms with Crippen molar-refractivity contribution in [1.82, 2.24) is 9.97 Å². The third-order valence-electron chi connectivity index (χ3n) is 4.10. The number of primary amides is 1. The molecule has 1 aromatic carbocycles. The zero-order chi connectivity index (χ0) is 15.5. The van der Waals surface area contributed by atoms with Crippen LogP contribution in [-0.4, -0.2) is 42.1 Å².